The zero-order chi connectivity index (χ0) is 41.9. The number of amides is 2. The molecule has 2 amide bonds. The summed E-state index contributed by atoms with van der Waals surface area (Å²) in [6, 6.07) is 28.9. The van der Waals surface area contributed by atoms with E-state index in [-0.39, 0.29) is 46.8 Å². The molecule has 14 nitrogen and oxygen atoms in total. The van der Waals surface area contributed by atoms with Crippen molar-refractivity contribution in [3.8, 4) is 22.6 Å². The average Bonchev–Trinajstić information content (AvgIpc) is 4.15. The predicted octanol–water partition coefficient (Wildman–Crippen LogP) is 8.70. The third kappa shape index (κ3) is 8.29. The fourth-order valence-corrected chi connectivity index (χ4v) is 7.75. The van der Waals surface area contributed by atoms with Gasteiger partial charge in [-0.3, -0.25) is 9.59 Å². The molecule has 0 radical (unpaired) electrons. The molecule has 4 aromatic carbocycles. The Kier molecular flexibility index (Phi) is 11.0. The minimum atomic E-state index is -0.436. The highest BCUT2D eigenvalue weighted by Gasteiger charge is 2.32. The number of rotatable bonds is 10. The maximum absolute atomic E-state index is 13.8. The van der Waals surface area contributed by atoms with Crippen LogP contribution in [-0.4, -0.2) is 81.2 Å². The van der Waals surface area contributed by atoms with Crippen molar-refractivity contribution in [3.63, 3.8) is 0 Å². The third-order valence-corrected chi connectivity index (χ3v) is 10.9. The van der Waals surface area contributed by atoms with E-state index in [2.05, 4.69) is 30.9 Å². The number of aromatic nitrogens is 4. The maximum Gasteiger partial charge on any atom is 0.295 e. The summed E-state index contributed by atoms with van der Waals surface area (Å²) in [7, 11) is 0. The van der Waals surface area contributed by atoms with Gasteiger partial charge in [-0.25, -0.2) is 8.78 Å². The van der Waals surface area contributed by atoms with Crippen molar-refractivity contribution in [1.82, 2.24) is 30.1 Å². The number of carbonyl (C=O) groups is 2. The van der Waals surface area contributed by atoms with Gasteiger partial charge in [-0.1, -0.05) is 83.1 Å². The van der Waals surface area contributed by atoms with Gasteiger partial charge in [0.25, 0.3) is 23.8 Å². The summed E-state index contributed by atoms with van der Waals surface area (Å²) in [6.07, 6.45) is 3.17. The summed E-state index contributed by atoms with van der Waals surface area (Å²) in [4.78, 5) is 38.4. The Labute approximate surface area is 347 Å². The molecule has 0 bridgehead atoms. The summed E-state index contributed by atoms with van der Waals surface area (Å²) in [6.45, 7) is 5.39. The minimum Gasteiger partial charge on any atom is -0.420 e. The van der Waals surface area contributed by atoms with Crippen LogP contribution >= 0.6 is 0 Å². The zero-order valence-corrected chi connectivity index (χ0v) is 33.0. The lowest BCUT2D eigenvalue weighted by molar-refractivity contribution is 0.0779. The number of halogens is 2. The molecule has 2 aliphatic heterocycles. The molecule has 61 heavy (non-hydrogen) atoms. The number of hydrogen-bond donors (Lipinski definition) is 2. The molecule has 8 aromatic rings. The van der Waals surface area contributed by atoms with Gasteiger partial charge < -0.3 is 38.3 Å². The van der Waals surface area contributed by atoms with E-state index in [1.165, 1.54) is 18.3 Å². The van der Waals surface area contributed by atoms with E-state index in [0.29, 0.717) is 78.6 Å². The van der Waals surface area contributed by atoms with Crippen LogP contribution in [0, 0.1) is 30.4 Å². The lowest BCUT2D eigenvalue weighted by Crippen LogP contribution is -2.30. The number of benzene rings is 4. The monoisotopic (exact) mass is 826 g/mol. The molecule has 10 rings (SSSR count). The second-order valence-electron chi connectivity index (χ2n) is 15.1. The molecule has 2 aliphatic rings. The highest BCUT2D eigenvalue weighted by molar-refractivity contribution is 6.01. The molecule has 16 heteroatoms. The smallest absolute Gasteiger partial charge is 0.295 e. The third-order valence-electron chi connectivity index (χ3n) is 10.9. The maximum atomic E-state index is 13.8. The second-order valence-corrected chi connectivity index (χ2v) is 15.1. The number of fused-ring (bicyclic) bond motifs is 2. The second kappa shape index (κ2) is 17.1. The van der Waals surface area contributed by atoms with Crippen molar-refractivity contribution in [2.24, 2.45) is 11.8 Å². The standard InChI is InChI=1S/C23H21FN4O3.C22H19FN4O3/c1-14-19(20(27-31-14)16-6-3-2-4-7-16)22(29)28-11-10-15(13-28)12-25-23-26-18-9-5-8-17(24)21(18)30-23;23-17-7-4-8-18-20(17)29-22(26-18)24-11-14-9-10-27(13-14)21(28)16-12-25-30-19(16)15-5-2-1-3-6-15/h2-9,15H,10-13H2,1H3,(H,25,26);1-8,12,14H,9-11,13H2,(H,24,26)/t15-;14-/m00/s1. The van der Waals surface area contributed by atoms with E-state index in [4.69, 9.17) is 17.9 Å². The summed E-state index contributed by atoms with van der Waals surface area (Å²) in [5.41, 5.74) is 4.44. The van der Waals surface area contributed by atoms with Gasteiger partial charge in [0.05, 0.1) is 6.20 Å². The largest absolute Gasteiger partial charge is 0.420 e. The zero-order valence-electron chi connectivity index (χ0n) is 33.0. The molecule has 6 heterocycles. The van der Waals surface area contributed by atoms with Gasteiger partial charge in [-0.15, -0.1) is 0 Å². The fourth-order valence-electron chi connectivity index (χ4n) is 7.75. The van der Waals surface area contributed by atoms with Gasteiger partial charge in [0.2, 0.25) is 0 Å². The predicted molar refractivity (Wildman–Crippen MR) is 222 cm³/mol. The number of para-hydroxylation sites is 2. The van der Waals surface area contributed by atoms with Crippen LogP contribution in [0.5, 0.6) is 0 Å². The van der Waals surface area contributed by atoms with Crippen molar-refractivity contribution < 1.29 is 36.3 Å². The number of nitrogens with zero attached hydrogens (tertiary/aromatic N) is 6. The van der Waals surface area contributed by atoms with Gasteiger partial charge in [0.1, 0.15) is 33.6 Å². The summed E-state index contributed by atoms with van der Waals surface area (Å²) < 4.78 is 49.2. The normalized spacial score (nSPS) is 16.2. The van der Waals surface area contributed by atoms with E-state index >= 15 is 0 Å². The molecule has 0 aliphatic carbocycles. The Morgan fingerprint density at radius 1 is 0.689 bits per heavy atom. The number of nitrogens with one attached hydrogen (secondary N) is 2. The number of likely N-dealkylation sites (tertiary alicyclic amines) is 2. The van der Waals surface area contributed by atoms with E-state index in [9.17, 15) is 18.4 Å². The fraction of sp³-hybridized carbons (Fsp3) is 0.244. The van der Waals surface area contributed by atoms with Gasteiger partial charge in [-0.2, -0.15) is 9.97 Å². The highest BCUT2D eigenvalue weighted by Crippen LogP contribution is 2.30. The van der Waals surface area contributed by atoms with Crippen molar-refractivity contribution in [1.29, 1.82) is 0 Å². The van der Waals surface area contributed by atoms with Crippen LogP contribution in [0.3, 0.4) is 0 Å². The van der Waals surface area contributed by atoms with Crippen molar-refractivity contribution in [2.45, 2.75) is 19.8 Å². The lowest BCUT2D eigenvalue weighted by atomic mass is 10.1. The number of oxazole rings is 2. The quantitative estimate of drug-likeness (QED) is 0.135. The molecular weight excluding hydrogens is 787 g/mol. The molecular formula is C45H40F2N8O6. The van der Waals surface area contributed by atoms with Crippen LogP contribution in [-0.2, 0) is 0 Å². The van der Waals surface area contributed by atoms with Crippen LogP contribution in [0.4, 0.5) is 20.8 Å². The Hall–Kier alpha value is -7.36. The van der Waals surface area contributed by atoms with Gasteiger partial charge in [0, 0.05) is 50.4 Å². The molecule has 0 unspecified atom stereocenters. The van der Waals surface area contributed by atoms with E-state index in [1.54, 1.807) is 36.1 Å². The van der Waals surface area contributed by atoms with Crippen molar-refractivity contribution >= 4 is 46.0 Å². The molecule has 2 N–H and O–H groups in total. The van der Waals surface area contributed by atoms with Crippen LogP contribution in [0.25, 0.3) is 44.8 Å². The highest BCUT2D eigenvalue weighted by atomic mass is 19.1. The minimum absolute atomic E-state index is 0.0796. The Morgan fingerprint density at radius 2 is 1.23 bits per heavy atom. The lowest BCUT2D eigenvalue weighted by Gasteiger charge is -2.17. The first kappa shape index (κ1) is 39.1. The van der Waals surface area contributed by atoms with Crippen LogP contribution in [0.2, 0.25) is 0 Å². The average molecular weight is 827 g/mol. The first-order valence-electron chi connectivity index (χ1n) is 20.0. The van der Waals surface area contributed by atoms with Gasteiger partial charge in [0.15, 0.2) is 28.6 Å². The molecule has 0 spiro atoms. The summed E-state index contributed by atoms with van der Waals surface area (Å²) >= 11 is 0. The van der Waals surface area contributed by atoms with Crippen LogP contribution in [0.15, 0.2) is 121 Å². The molecule has 4 aromatic heterocycles. The Morgan fingerprint density at radius 3 is 1.79 bits per heavy atom. The number of hydrogen-bond acceptors (Lipinski definition) is 12. The first-order valence-corrected chi connectivity index (χ1v) is 20.0. The van der Waals surface area contributed by atoms with Crippen molar-refractivity contribution in [2.75, 3.05) is 49.9 Å². The Balaban J connectivity index is 0.000000156. The van der Waals surface area contributed by atoms with Gasteiger partial charge in [-0.05, 0) is 55.9 Å². The van der Waals surface area contributed by atoms with Gasteiger partial charge >= 0.3 is 0 Å². The first-order chi connectivity index (χ1) is 29.8. The molecule has 2 atom stereocenters. The SMILES string of the molecule is Cc1onc(-c2ccccc2)c1C(=O)N1CC[C@@H](CNc2nc3cccc(F)c3o2)C1.O=C(c1cnoc1-c1ccccc1)N1CC[C@@H](CNc2nc3cccc(F)c3o2)C1. The van der Waals surface area contributed by atoms with E-state index < -0.39 is 11.6 Å². The molecule has 2 fully saturated rings. The number of aryl methyl sites for hydroxylation is 1. The summed E-state index contributed by atoms with van der Waals surface area (Å²) in [5.74, 6) is 0.404. The van der Waals surface area contributed by atoms with Crippen molar-refractivity contribution in [3.05, 3.63) is 132 Å². The molecule has 2 saturated heterocycles. The molecule has 0 saturated carbocycles. The van der Waals surface area contributed by atoms with E-state index in [1.807, 2.05) is 65.6 Å². The van der Waals surface area contributed by atoms with Crippen LogP contribution in [0.1, 0.15) is 39.3 Å². The summed E-state index contributed by atoms with van der Waals surface area (Å²) in [5, 5.41) is 14.2. The van der Waals surface area contributed by atoms with E-state index in [0.717, 1.165) is 24.0 Å². The molecule has 310 valence electrons. The number of carbonyl (C=O) groups excluding carboxylic acids is 2. The number of anilines is 2. The Bertz CT molecular complexity index is 2800. The van der Waals surface area contributed by atoms with Crippen LogP contribution < -0.4 is 10.6 Å². The topological polar surface area (TPSA) is 169 Å².